The highest BCUT2D eigenvalue weighted by Crippen LogP contribution is 2.22. The van der Waals surface area contributed by atoms with Gasteiger partial charge < -0.3 is 14.3 Å². The number of imidazole rings is 2. The molecule has 5 heteroatoms. The molecule has 1 N–H and O–H groups in total. The van der Waals surface area contributed by atoms with Gasteiger partial charge in [0.1, 0.15) is 11.5 Å². The normalized spacial score (nSPS) is 19.4. The minimum absolute atomic E-state index is 0.307. The molecule has 108 valence electrons. The molecule has 3 rings (SSSR count). The van der Waals surface area contributed by atoms with Gasteiger partial charge in [-0.3, -0.25) is 0 Å². The number of aryl methyl sites for hydroxylation is 2. The Balaban J connectivity index is 1.83. The van der Waals surface area contributed by atoms with E-state index in [1.807, 2.05) is 12.4 Å². The van der Waals surface area contributed by atoms with E-state index in [9.17, 15) is 0 Å². The zero-order valence-corrected chi connectivity index (χ0v) is 12.2. The molecule has 0 aliphatic carbocycles. The maximum absolute atomic E-state index is 5.82. The van der Waals surface area contributed by atoms with Gasteiger partial charge >= 0.3 is 0 Å². The third kappa shape index (κ3) is 2.63. The highest BCUT2D eigenvalue weighted by Gasteiger charge is 2.18. The van der Waals surface area contributed by atoms with Crippen LogP contribution in [0.15, 0.2) is 12.4 Å². The van der Waals surface area contributed by atoms with Crippen LogP contribution in [-0.4, -0.2) is 32.2 Å². The smallest absolute Gasteiger partial charge is 0.160 e. The number of hydrogen-bond acceptors (Lipinski definition) is 3. The molecule has 0 spiro atoms. The van der Waals surface area contributed by atoms with E-state index in [0.717, 1.165) is 49.0 Å². The van der Waals surface area contributed by atoms with Crippen molar-refractivity contribution in [3.8, 4) is 11.5 Å². The molecule has 2 aromatic heterocycles. The molecule has 1 saturated heterocycles. The lowest BCUT2D eigenvalue weighted by Gasteiger charge is -2.23. The highest BCUT2D eigenvalue weighted by molar-refractivity contribution is 5.53. The van der Waals surface area contributed by atoms with Crippen molar-refractivity contribution < 1.29 is 4.74 Å². The molecule has 1 aliphatic rings. The van der Waals surface area contributed by atoms with Gasteiger partial charge in [-0.2, -0.15) is 0 Å². The number of aromatic amines is 1. The van der Waals surface area contributed by atoms with Crippen LogP contribution in [0.3, 0.4) is 0 Å². The lowest BCUT2D eigenvalue weighted by atomic mass is 10.1. The van der Waals surface area contributed by atoms with E-state index >= 15 is 0 Å². The first kappa shape index (κ1) is 13.4. The van der Waals surface area contributed by atoms with Crippen molar-refractivity contribution in [3.05, 3.63) is 23.9 Å². The van der Waals surface area contributed by atoms with E-state index in [1.54, 1.807) is 0 Å². The summed E-state index contributed by atoms with van der Waals surface area (Å²) in [6.07, 6.45) is 8.67. The lowest BCUT2D eigenvalue weighted by molar-refractivity contribution is 0.00623. The van der Waals surface area contributed by atoms with Gasteiger partial charge in [-0.25, -0.2) is 9.97 Å². The van der Waals surface area contributed by atoms with Crippen LogP contribution >= 0.6 is 0 Å². The second kappa shape index (κ2) is 5.79. The summed E-state index contributed by atoms with van der Waals surface area (Å²) >= 11 is 0. The van der Waals surface area contributed by atoms with Crippen molar-refractivity contribution in [2.75, 3.05) is 6.61 Å². The average Bonchev–Trinajstić information content (AvgIpc) is 3.06. The van der Waals surface area contributed by atoms with Gasteiger partial charge in [-0.1, -0.05) is 6.92 Å². The summed E-state index contributed by atoms with van der Waals surface area (Å²) < 4.78 is 7.99. The number of rotatable bonds is 4. The second-order valence-corrected chi connectivity index (χ2v) is 5.40. The number of hydrogen-bond donors (Lipinski definition) is 1. The maximum Gasteiger partial charge on any atom is 0.160 e. The van der Waals surface area contributed by atoms with Gasteiger partial charge in [0.2, 0.25) is 0 Å². The van der Waals surface area contributed by atoms with E-state index in [0.29, 0.717) is 6.10 Å². The molecular formula is C15H22N4O. The molecule has 2 aromatic rings. The number of aromatic nitrogens is 4. The molecule has 5 nitrogen and oxygen atoms in total. The molecule has 0 amide bonds. The molecule has 0 saturated carbocycles. The number of H-pyrrole nitrogens is 1. The van der Waals surface area contributed by atoms with E-state index < -0.39 is 0 Å². The topological polar surface area (TPSA) is 55.7 Å². The van der Waals surface area contributed by atoms with Crippen LogP contribution in [0.1, 0.15) is 37.7 Å². The minimum Gasteiger partial charge on any atom is -0.376 e. The van der Waals surface area contributed by atoms with E-state index in [2.05, 4.69) is 33.4 Å². The molecular weight excluding hydrogens is 252 g/mol. The molecule has 1 atom stereocenters. The largest absolute Gasteiger partial charge is 0.376 e. The Labute approximate surface area is 119 Å². The van der Waals surface area contributed by atoms with Gasteiger partial charge in [0.05, 0.1) is 12.6 Å². The van der Waals surface area contributed by atoms with E-state index in [1.165, 1.54) is 12.8 Å². The summed E-state index contributed by atoms with van der Waals surface area (Å²) in [6, 6.07) is 0. The predicted molar refractivity (Wildman–Crippen MR) is 77.5 cm³/mol. The van der Waals surface area contributed by atoms with Gasteiger partial charge in [0.15, 0.2) is 5.82 Å². The van der Waals surface area contributed by atoms with E-state index in [-0.39, 0.29) is 0 Å². The van der Waals surface area contributed by atoms with Crippen molar-refractivity contribution in [2.24, 2.45) is 0 Å². The van der Waals surface area contributed by atoms with Crippen LogP contribution in [0.4, 0.5) is 0 Å². The van der Waals surface area contributed by atoms with Crippen molar-refractivity contribution in [3.63, 3.8) is 0 Å². The fraction of sp³-hybridized carbons (Fsp3) is 0.600. The Morgan fingerprint density at radius 3 is 3.05 bits per heavy atom. The zero-order chi connectivity index (χ0) is 13.9. The first-order chi connectivity index (χ1) is 9.78. The van der Waals surface area contributed by atoms with Gasteiger partial charge in [0, 0.05) is 31.1 Å². The summed E-state index contributed by atoms with van der Waals surface area (Å²) in [5.41, 5.74) is 2.04. The molecule has 3 heterocycles. The monoisotopic (exact) mass is 274 g/mol. The SMILES string of the molecule is CCc1nc(-c2nccn2C[C@H]2CCCCO2)c(C)[nH]1. The lowest BCUT2D eigenvalue weighted by Crippen LogP contribution is -2.24. The minimum atomic E-state index is 0.307. The Morgan fingerprint density at radius 1 is 1.45 bits per heavy atom. The Bertz CT molecular complexity index is 566. The molecule has 0 bridgehead atoms. The first-order valence-electron chi connectivity index (χ1n) is 7.46. The summed E-state index contributed by atoms with van der Waals surface area (Å²) in [4.78, 5) is 12.4. The zero-order valence-electron chi connectivity index (χ0n) is 12.2. The summed E-state index contributed by atoms with van der Waals surface area (Å²) in [5, 5.41) is 0. The Hall–Kier alpha value is -1.62. The van der Waals surface area contributed by atoms with Gasteiger partial charge in [0.25, 0.3) is 0 Å². The van der Waals surface area contributed by atoms with E-state index in [4.69, 9.17) is 4.74 Å². The van der Waals surface area contributed by atoms with Crippen molar-refractivity contribution in [2.45, 2.75) is 52.2 Å². The highest BCUT2D eigenvalue weighted by atomic mass is 16.5. The van der Waals surface area contributed by atoms with Gasteiger partial charge in [-0.05, 0) is 26.2 Å². The Kier molecular flexibility index (Phi) is 3.87. The molecule has 0 radical (unpaired) electrons. The fourth-order valence-electron chi connectivity index (χ4n) is 2.75. The number of ether oxygens (including phenoxy) is 1. The third-order valence-electron chi connectivity index (χ3n) is 3.87. The van der Waals surface area contributed by atoms with Crippen molar-refractivity contribution in [1.82, 2.24) is 19.5 Å². The molecule has 1 aliphatic heterocycles. The number of nitrogens with one attached hydrogen (secondary N) is 1. The van der Waals surface area contributed by atoms with Crippen molar-refractivity contribution >= 4 is 0 Å². The summed E-state index contributed by atoms with van der Waals surface area (Å²) in [5.74, 6) is 1.95. The van der Waals surface area contributed by atoms with Crippen LogP contribution < -0.4 is 0 Å². The summed E-state index contributed by atoms with van der Waals surface area (Å²) in [6.45, 7) is 5.90. The van der Waals surface area contributed by atoms with Gasteiger partial charge in [-0.15, -0.1) is 0 Å². The molecule has 0 aromatic carbocycles. The second-order valence-electron chi connectivity index (χ2n) is 5.40. The standard InChI is InChI=1S/C15H22N4O/c1-3-13-17-11(2)14(18-13)15-16-7-8-19(15)10-12-6-4-5-9-20-12/h7-8,12H,3-6,9-10H2,1-2H3,(H,17,18)/t12-/m1/s1. The fourth-order valence-corrected chi connectivity index (χ4v) is 2.75. The van der Waals surface area contributed by atoms with Crippen LogP contribution in [-0.2, 0) is 17.7 Å². The average molecular weight is 274 g/mol. The van der Waals surface area contributed by atoms with Crippen LogP contribution in [0.2, 0.25) is 0 Å². The quantitative estimate of drug-likeness (QED) is 0.932. The van der Waals surface area contributed by atoms with Crippen molar-refractivity contribution in [1.29, 1.82) is 0 Å². The molecule has 20 heavy (non-hydrogen) atoms. The first-order valence-corrected chi connectivity index (χ1v) is 7.46. The maximum atomic E-state index is 5.82. The van der Waals surface area contributed by atoms with Crippen LogP contribution in [0.5, 0.6) is 0 Å². The molecule has 1 fully saturated rings. The number of nitrogens with zero attached hydrogens (tertiary/aromatic N) is 3. The molecule has 0 unspecified atom stereocenters. The predicted octanol–water partition coefficient (Wildman–Crippen LogP) is 2.71. The Morgan fingerprint density at radius 2 is 2.35 bits per heavy atom. The van der Waals surface area contributed by atoms with Crippen LogP contribution in [0.25, 0.3) is 11.5 Å². The van der Waals surface area contributed by atoms with Crippen LogP contribution in [0, 0.1) is 6.92 Å². The third-order valence-corrected chi connectivity index (χ3v) is 3.87. The summed E-state index contributed by atoms with van der Waals surface area (Å²) in [7, 11) is 0.